The molecule has 142 valence electrons. The van der Waals surface area contributed by atoms with Crippen molar-refractivity contribution >= 4 is 15.9 Å². The zero-order chi connectivity index (χ0) is 18.9. The average molecular weight is 372 g/mol. The number of nitrogens with one attached hydrogen (secondary N) is 2. The topological polar surface area (TPSA) is 93.7 Å². The fourth-order valence-corrected chi connectivity index (χ4v) is 3.55. The number of carbonyl (C=O) groups excluding carboxylic acids is 1. The van der Waals surface area contributed by atoms with E-state index >= 15 is 0 Å². The highest BCUT2D eigenvalue weighted by Crippen LogP contribution is 2.25. The van der Waals surface area contributed by atoms with Gasteiger partial charge in [-0.3, -0.25) is 4.79 Å². The van der Waals surface area contributed by atoms with Crippen molar-refractivity contribution in [3.8, 4) is 5.75 Å². The fraction of sp³-hybridized carbons (Fsp3) is 0.588. The minimum Gasteiger partial charge on any atom is -0.492 e. The van der Waals surface area contributed by atoms with Gasteiger partial charge in [0.15, 0.2) is 0 Å². The third kappa shape index (κ3) is 7.01. The number of amides is 1. The molecule has 0 atom stereocenters. The van der Waals surface area contributed by atoms with E-state index in [9.17, 15) is 13.2 Å². The average Bonchev–Trinajstić information content (AvgIpc) is 2.53. The van der Waals surface area contributed by atoms with Gasteiger partial charge in [-0.1, -0.05) is 0 Å². The van der Waals surface area contributed by atoms with Crippen LogP contribution < -0.4 is 14.8 Å². The first-order valence-electron chi connectivity index (χ1n) is 8.47. The number of carbonyl (C=O) groups is 1. The smallest absolute Gasteiger partial charge is 0.251 e. The summed E-state index contributed by atoms with van der Waals surface area (Å²) in [5.41, 5.74) is 0.268. The molecule has 0 spiro atoms. The van der Waals surface area contributed by atoms with Gasteiger partial charge in [-0.15, -0.1) is 0 Å². The van der Waals surface area contributed by atoms with Gasteiger partial charge in [-0.2, -0.15) is 0 Å². The summed E-state index contributed by atoms with van der Waals surface area (Å²) < 4.78 is 38.1. The molecule has 7 nitrogen and oxygen atoms in total. The van der Waals surface area contributed by atoms with Gasteiger partial charge in [0.25, 0.3) is 5.91 Å². The van der Waals surface area contributed by atoms with E-state index in [1.54, 1.807) is 26.8 Å². The molecule has 0 unspecified atom stereocenters. The largest absolute Gasteiger partial charge is 0.492 e. The Morgan fingerprint density at radius 2 is 1.92 bits per heavy atom. The van der Waals surface area contributed by atoms with Crippen LogP contribution in [-0.2, 0) is 14.8 Å². The Balaban J connectivity index is 2.96. The van der Waals surface area contributed by atoms with Crippen LogP contribution in [0.1, 0.15) is 44.5 Å². The highest BCUT2D eigenvalue weighted by molar-refractivity contribution is 7.89. The lowest BCUT2D eigenvalue weighted by atomic mass is 10.2. The molecule has 0 saturated carbocycles. The van der Waals surface area contributed by atoms with Crippen LogP contribution in [-0.4, -0.2) is 46.7 Å². The molecular formula is C17H28N2O5S. The van der Waals surface area contributed by atoms with Crippen molar-refractivity contribution in [2.24, 2.45) is 0 Å². The van der Waals surface area contributed by atoms with Gasteiger partial charge >= 0.3 is 0 Å². The summed E-state index contributed by atoms with van der Waals surface area (Å²) in [7, 11) is -3.78. The lowest BCUT2D eigenvalue weighted by Gasteiger charge is -2.15. The minimum atomic E-state index is -3.78. The molecule has 0 bridgehead atoms. The van der Waals surface area contributed by atoms with Gasteiger partial charge < -0.3 is 14.8 Å². The SMILES string of the molecule is CCOCCCNC(=O)c1ccc(OCC)c(S(=O)(=O)NC(C)C)c1. The molecule has 0 saturated heterocycles. The van der Waals surface area contributed by atoms with E-state index in [1.807, 2.05) is 6.92 Å². The number of ether oxygens (including phenoxy) is 2. The Morgan fingerprint density at radius 3 is 2.52 bits per heavy atom. The molecule has 0 heterocycles. The van der Waals surface area contributed by atoms with E-state index in [2.05, 4.69) is 10.0 Å². The summed E-state index contributed by atoms with van der Waals surface area (Å²) in [6.07, 6.45) is 0.691. The fourth-order valence-electron chi connectivity index (χ4n) is 2.13. The highest BCUT2D eigenvalue weighted by atomic mass is 32.2. The molecule has 1 amide bonds. The van der Waals surface area contributed by atoms with Crippen LogP contribution in [0.2, 0.25) is 0 Å². The van der Waals surface area contributed by atoms with E-state index in [4.69, 9.17) is 9.47 Å². The molecular weight excluding hydrogens is 344 g/mol. The lowest BCUT2D eigenvalue weighted by Crippen LogP contribution is -2.31. The van der Waals surface area contributed by atoms with Crippen molar-refractivity contribution in [3.63, 3.8) is 0 Å². The molecule has 0 radical (unpaired) electrons. The van der Waals surface area contributed by atoms with Crippen molar-refractivity contribution in [3.05, 3.63) is 23.8 Å². The molecule has 1 aromatic carbocycles. The van der Waals surface area contributed by atoms with E-state index in [0.29, 0.717) is 32.8 Å². The van der Waals surface area contributed by atoms with Crippen molar-refractivity contribution in [2.45, 2.75) is 45.1 Å². The van der Waals surface area contributed by atoms with Crippen LogP contribution in [0.4, 0.5) is 0 Å². The molecule has 25 heavy (non-hydrogen) atoms. The van der Waals surface area contributed by atoms with Crippen LogP contribution in [0.5, 0.6) is 5.75 Å². The number of rotatable bonds is 11. The molecule has 8 heteroatoms. The summed E-state index contributed by atoms with van der Waals surface area (Å²) in [6, 6.07) is 4.13. The Kier molecular flexibility index (Phi) is 8.88. The zero-order valence-electron chi connectivity index (χ0n) is 15.3. The van der Waals surface area contributed by atoms with Gasteiger partial charge in [-0.25, -0.2) is 13.1 Å². The van der Waals surface area contributed by atoms with E-state index in [-0.39, 0.29) is 28.2 Å². The second-order valence-corrected chi connectivity index (χ2v) is 7.36. The number of hydrogen-bond donors (Lipinski definition) is 2. The molecule has 0 aromatic heterocycles. The van der Waals surface area contributed by atoms with Gasteiger partial charge in [0, 0.05) is 31.4 Å². The van der Waals surface area contributed by atoms with E-state index < -0.39 is 10.0 Å². The van der Waals surface area contributed by atoms with Crippen LogP contribution in [0.3, 0.4) is 0 Å². The van der Waals surface area contributed by atoms with Crippen molar-refractivity contribution < 1.29 is 22.7 Å². The maximum atomic E-state index is 12.5. The molecule has 1 rings (SSSR count). The van der Waals surface area contributed by atoms with E-state index in [1.165, 1.54) is 12.1 Å². The summed E-state index contributed by atoms with van der Waals surface area (Å²) in [4.78, 5) is 12.2. The van der Waals surface area contributed by atoms with Crippen molar-refractivity contribution in [1.82, 2.24) is 10.0 Å². The molecule has 0 aliphatic heterocycles. The maximum absolute atomic E-state index is 12.5. The molecule has 1 aromatic rings. The van der Waals surface area contributed by atoms with Crippen LogP contribution in [0.25, 0.3) is 0 Å². The molecule has 0 aliphatic rings. The van der Waals surface area contributed by atoms with Crippen LogP contribution in [0.15, 0.2) is 23.1 Å². The number of hydrogen-bond acceptors (Lipinski definition) is 5. The normalized spacial score (nSPS) is 11.6. The first-order valence-corrected chi connectivity index (χ1v) is 9.95. The lowest BCUT2D eigenvalue weighted by molar-refractivity contribution is 0.0944. The quantitative estimate of drug-likeness (QED) is 0.579. The van der Waals surface area contributed by atoms with Gasteiger partial charge in [0.05, 0.1) is 6.61 Å². The van der Waals surface area contributed by atoms with E-state index in [0.717, 1.165) is 0 Å². The Bertz CT molecular complexity index is 659. The molecule has 2 N–H and O–H groups in total. The van der Waals surface area contributed by atoms with Crippen molar-refractivity contribution in [2.75, 3.05) is 26.4 Å². The third-order valence-corrected chi connectivity index (χ3v) is 4.82. The van der Waals surface area contributed by atoms with Crippen molar-refractivity contribution in [1.29, 1.82) is 0 Å². The van der Waals surface area contributed by atoms with Gasteiger partial charge in [-0.05, 0) is 52.3 Å². The first-order chi connectivity index (χ1) is 11.8. The Morgan fingerprint density at radius 1 is 1.20 bits per heavy atom. The summed E-state index contributed by atoms with van der Waals surface area (Å²) in [6.45, 7) is 9.12. The summed E-state index contributed by atoms with van der Waals surface area (Å²) in [5, 5.41) is 2.75. The van der Waals surface area contributed by atoms with Gasteiger partial charge in [0.1, 0.15) is 10.6 Å². The number of benzene rings is 1. The maximum Gasteiger partial charge on any atom is 0.251 e. The standard InChI is InChI=1S/C17H28N2O5S/c1-5-23-11-7-10-18-17(20)14-8-9-15(24-6-2)16(12-14)25(21,22)19-13(3)4/h8-9,12-13,19H,5-7,10-11H2,1-4H3,(H,18,20). The monoisotopic (exact) mass is 372 g/mol. The Labute approximate surface area is 150 Å². The second kappa shape index (κ2) is 10.4. The van der Waals surface area contributed by atoms with Gasteiger partial charge in [0.2, 0.25) is 10.0 Å². The summed E-state index contributed by atoms with van der Waals surface area (Å²) >= 11 is 0. The Hall–Kier alpha value is -1.64. The predicted octanol–water partition coefficient (Wildman–Crippen LogP) is 1.93. The zero-order valence-corrected chi connectivity index (χ0v) is 16.1. The molecule has 0 fully saturated rings. The van der Waals surface area contributed by atoms with Crippen LogP contribution in [0, 0.1) is 0 Å². The highest BCUT2D eigenvalue weighted by Gasteiger charge is 2.22. The summed E-state index contributed by atoms with van der Waals surface area (Å²) in [5.74, 6) is -0.107. The predicted molar refractivity (Wildman–Crippen MR) is 96.5 cm³/mol. The third-order valence-electron chi connectivity index (χ3n) is 3.14. The first kappa shape index (κ1) is 21.4. The molecule has 0 aliphatic carbocycles. The number of sulfonamides is 1. The second-order valence-electron chi connectivity index (χ2n) is 5.68. The minimum absolute atomic E-state index is 0.0370. The van der Waals surface area contributed by atoms with Crippen LogP contribution >= 0.6 is 0 Å².